The molecule has 2 atom stereocenters. The minimum absolute atomic E-state index is 0.230. The van der Waals surface area contributed by atoms with Gasteiger partial charge in [-0.3, -0.25) is 0 Å². The van der Waals surface area contributed by atoms with Crippen LogP contribution in [0.4, 0.5) is 8.78 Å². The molecule has 2 heterocycles. The Bertz CT molecular complexity index is 621. The van der Waals surface area contributed by atoms with Gasteiger partial charge >= 0.3 is 0 Å². The van der Waals surface area contributed by atoms with Gasteiger partial charge in [0, 0.05) is 13.1 Å². The van der Waals surface area contributed by atoms with E-state index >= 15 is 0 Å². The Hall–Kier alpha value is -1.99. The van der Waals surface area contributed by atoms with E-state index < -0.39 is 29.6 Å². The van der Waals surface area contributed by atoms with Gasteiger partial charge in [0.05, 0.1) is 12.3 Å². The first kappa shape index (κ1) is 14.9. The Morgan fingerprint density at radius 3 is 2.73 bits per heavy atom. The first-order valence-electron chi connectivity index (χ1n) is 7.00. The van der Waals surface area contributed by atoms with Crippen molar-refractivity contribution in [3.8, 4) is 5.75 Å². The number of aromatic nitrogens is 1. The molecule has 3 rings (SSSR count). The molecular weight excluding hydrogens is 294 g/mol. The molecule has 5 nitrogen and oxygen atoms in total. The van der Waals surface area contributed by atoms with Gasteiger partial charge in [0.1, 0.15) is 12.4 Å². The van der Waals surface area contributed by atoms with Gasteiger partial charge in [-0.25, -0.2) is 13.8 Å². The standard InChI is InChI=1S/C15H16F2N2O3/c1-9-8-21-15(19-9)14(12-7-18-5-6-20-12)22-13-10(16)3-2-4-11(13)17/h2-4,8,12,14,18H,5-7H2,1H3/t12-,14+/m0/s1. The number of aryl methyl sites for hydroxylation is 1. The van der Waals surface area contributed by atoms with Crippen molar-refractivity contribution in [1.29, 1.82) is 0 Å². The van der Waals surface area contributed by atoms with Crippen LogP contribution in [-0.4, -0.2) is 30.8 Å². The molecule has 1 saturated heterocycles. The quantitative estimate of drug-likeness (QED) is 0.939. The molecule has 0 bridgehead atoms. The highest BCUT2D eigenvalue weighted by Crippen LogP contribution is 2.30. The van der Waals surface area contributed by atoms with Crippen LogP contribution in [0.1, 0.15) is 17.7 Å². The molecule has 0 radical (unpaired) electrons. The van der Waals surface area contributed by atoms with Crippen LogP contribution in [0.3, 0.4) is 0 Å². The van der Waals surface area contributed by atoms with Gasteiger partial charge in [-0.2, -0.15) is 0 Å². The number of morpholine rings is 1. The van der Waals surface area contributed by atoms with E-state index in [4.69, 9.17) is 13.9 Å². The summed E-state index contributed by atoms with van der Waals surface area (Å²) in [4.78, 5) is 4.20. The number of oxazole rings is 1. The SMILES string of the molecule is Cc1coc([C@H](Oc2c(F)cccc2F)[C@@H]2CNCCO2)n1. The van der Waals surface area contributed by atoms with Crippen LogP contribution in [-0.2, 0) is 4.74 Å². The average Bonchev–Trinajstić information content (AvgIpc) is 2.94. The molecule has 0 amide bonds. The summed E-state index contributed by atoms with van der Waals surface area (Å²) in [7, 11) is 0. The average molecular weight is 310 g/mol. The lowest BCUT2D eigenvalue weighted by atomic mass is 10.1. The lowest BCUT2D eigenvalue weighted by molar-refractivity contribution is -0.0541. The Morgan fingerprint density at radius 1 is 1.36 bits per heavy atom. The van der Waals surface area contributed by atoms with Crippen molar-refractivity contribution >= 4 is 0 Å². The van der Waals surface area contributed by atoms with Crippen LogP contribution >= 0.6 is 0 Å². The first-order chi connectivity index (χ1) is 10.6. The van der Waals surface area contributed by atoms with Gasteiger partial charge < -0.3 is 19.2 Å². The Balaban J connectivity index is 1.91. The molecule has 1 aliphatic heterocycles. The van der Waals surface area contributed by atoms with Crippen molar-refractivity contribution in [3.05, 3.63) is 47.7 Å². The number of nitrogens with zero attached hydrogens (tertiary/aromatic N) is 1. The van der Waals surface area contributed by atoms with Crippen LogP contribution in [0.5, 0.6) is 5.75 Å². The van der Waals surface area contributed by atoms with E-state index in [1.807, 2.05) is 0 Å². The number of hydrogen-bond acceptors (Lipinski definition) is 5. The monoisotopic (exact) mass is 310 g/mol. The van der Waals surface area contributed by atoms with E-state index in [9.17, 15) is 8.78 Å². The summed E-state index contributed by atoms with van der Waals surface area (Å²) < 4.78 is 44.2. The lowest BCUT2D eigenvalue weighted by Crippen LogP contribution is -2.43. The number of para-hydroxylation sites is 1. The van der Waals surface area contributed by atoms with Gasteiger partial charge in [-0.05, 0) is 19.1 Å². The summed E-state index contributed by atoms with van der Waals surface area (Å²) >= 11 is 0. The van der Waals surface area contributed by atoms with Crippen molar-refractivity contribution in [2.45, 2.75) is 19.1 Å². The fourth-order valence-electron chi connectivity index (χ4n) is 2.29. The second-order valence-corrected chi connectivity index (χ2v) is 5.03. The molecule has 7 heteroatoms. The van der Waals surface area contributed by atoms with Crippen molar-refractivity contribution < 1.29 is 22.7 Å². The summed E-state index contributed by atoms with van der Waals surface area (Å²) in [5.74, 6) is -1.79. The molecular formula is C15H16F2N2O3. The maximum absolute atomic E-state index is 13.8. The normalized spacial score (nSPS) is 19.9. The van der Waals surface area contributed by atoms with Gasteiger partial charge in [0.15, 0.2) is 17.4 Å². The topological polar surface area (TPSA) is 56.5 Å². The summed E-state index contributed by atoms with van der Waals surface area (Å²) in [5.41, 5.74) is 0.654. The van der Waals surface area contributed by atoms with Crippen molar-refractivity contribution in [1.82, 2.24) is 10.3 Å². The summed E-state index contributed by atoms with van der Waals surface area (Å²) in [5, 5.41) is 3.14. The number of rotatable bonds is 4. The minimum Gasteiger partial charge on any atom is -0.472 e. The predicted octanol–water partition coefficient (Wildman–Crippen LogP) is 2.37. The highest BCUT2D eigenvalue weighted by atomic mass is 19.1. The van der Waals surface area contributed by atoms with Crippen LogP contribution in [0.2, 0.25) is 0 Å². The van der Waals surface area contributed by atoms with Crippen molar-refractivity contribution in [2.24, 2.45) is 0 Å². The fourth-order valence-corrected chi connectivity index (χ4v) is 2.29. The number of halogens is 2. The van der Waals surface area contributed by atoms with E-state index in [0.29, 0.717) is 25.4 Å². The zero-order chi connectivity index (χ0) is 15.5. The Labute approximate surface area is 126 Å². The number of benzene rings is 1. The maximum atomic E-state index is 13.8. The minimum atomic E-state index is -0.840. The number of hydrogen-bond donors (Lipinski definition) is 1. The van der Waals surface area contributed by atoms with Crippen molar-refractivity contribution in [3.63, 3.8) is 0 Å². The highest BCUT2D eigenvalue weighted by Gasteiger charge is 2.33. The second kappa shape index (κ2) is 6.41. The first-order valence-corrected chi connectivity index (χ1v) is 7.00. The summed E-state index contributed by atoms with van der Waals surface area (Å²) in [6.07, 6.45) is 0.165. The summed E-state index contributed by atoms with van der Waals surface area (Å²) in [6, 6.07) is 3.55. The third kappa shape index (κ3) is 3.10. The largest absolute Gasteiger partial charge is 0.472 e. The summed E-state index contributed by atoms with van der Waals surface area (Å²) in [6.45, 7) is 3.42. The molecule has 1 aliphatic rings. The second-order valence-electron chi connectivity index (χ2n) is 5.03. The van der Waals surface area contributed by atoms with Gasteiger partial charge in [0.2, 0.25) is 12.0 Å². The van der Waals surface area contributed by atoms with Crippen LogP contribution in [0.25, 0.3) is 0 Å². The van der Waals surface area contributed by atoms with E-state index in [-0.39, 0.29) is 5.89 Å². The molecule has 1 aromatic carbocycles. The third-order valence-electron chi connectivity index (χ3n) is 3.34. The lowest BCUT2D eigenvalue weighted by Gasteiger charge is -2.29. The molecule has 1 N–H and O–H groups in total. The number of nitrogens with one attached hydrogen (secondary N) is 1. The van der Waals surface area contributed by atoms with E-state index in [1.54, 1.807) is 6.92 Å². The molecule has 2 aromatic rings. The predicted molar refractivity (Wildman–Crippen MR) is 73.6 cm³/mol. The van der Waals surface area contributed by atoms with Crippen LogP contribution < -0.4 is 10.1 Å². The molecule has 1 fully saturated rings. The maximum Gasteiger partial charge on any atom is 0.238 e. The molecule has 0 unspecified atom stereocenters. The fraction of sp³-hybridized carbons (Fsp3) is 0.400. The van der Waals surface area contributed by atoms with Gasteiger partial charge in [-0.1, -0.05) is 6.07 Å². The number of ether oxygens (including phenoxy) is 2. The van der Waals surface area contributed by atoms with Crippen LogP contribution in [0.15, 0.2) is 28.9 Å². The molecule has 0 saturated carbocycles. The smallest absolute Gasteiger partial charge is 0.238 e. The molecule has 1 aromatic heterocycles. The third-order valence-corrected chi connectivity index (χ3v) is 3.34. The molecule has 0 aliphatic carbocycles. The highest BCUT2D eigenvalue weighted by molar-refractivity contribution is 5.27. The molecule has 22 heavy (non-hydrogen) atoms. The Kier molecular flexibility index (Phi) is 4.35. The van der Waals surface area contributed by atoms with E-state index in [0.717, 1.165) is 12.1 Å². The van der Waals surface area contributed by atoms with Crippen LogP contribution in [0, 0.1) is 18.6 Å². The van der Waals surface area contributed by atoms with Gasteiger partial charge in [-0.15, -0.1) is 0 Å². The molecule has 118 valence electrons. The van der Waals surface area contributed by atoms with E-state index in [1.165, 1.54) is 12.3 Å². The van der Waals surface area contributed by atoms with Gasteiger partial charge in [0.25, 0.3) is 0 Å². The Morgan fingerprint density at radius 2 is 2.14 bits per heavy atom. The zero-order valence-electron chi connectivity index (χ0n) is 12.0. The van der Waals surface area contributed by atoms with Crippen molar-refractivity contribution in [2.75, 3.05) is 19.7 Å². The van der Waals surface area contributed by atoms with E-state index in [2.05, 4.69) is 10.3 Å². The zero-order valence-corrected chi connectivity index (χ0v) is 12.0. The molecule has 0 spiro atoms.